The van der Waals surface area contributed by atoms with Crippen LogP contribution in [0.5, 0.6) is 0 Å². The van der Waals surface area contributed by atoms with Crippen molar-refractivity contribution in [3.05, 3.63) is 48.4 Å². The molecule has 0 radical (unpaired) electrons. The Morgan fingerprint density at radius 3 is 2.50 bits per heavy atom. The Bertz CT molecular complexity index is 663. The van der Waals surface area contributed by atoms with Crippen LogP contribution < -0.4 is 5.73 Å². The molecule has 2 heterocycles. The number of nitrogens with one attached hydrogen (secondary N) is 1. The summed E-state index contributed by atoms with van der Waals surface area (Å²) < 4.78 is 1.85. The standard InChI is InChI=1S/C13H13N5/c1-9-6-16-18(8-9)11-4-2-10(3-5-11)12-7-15-17-13(12)14/h2-8H,1H3,(H3,14,15,17). The monoisotopic (exact) mass is 239 g/mol. The predicted octanol–water partition coefficient (Wildman–Crippen LogP) is 2.15. The number of aryl methyl sites for hydroxylation is 1. The maximum absolute atomic E-state index is 5.79. The van der Waals surface area contributed by atoms with Gasteiger partial charge in [0, 0.05) is 11.8 Å². The number of anilines is 1. The molecule has 1 aromatic carbocycles. The number of nitrogen functional groups attached to an aromatic ring is 1. The Balaban J connectivity index is 1.97. The molecule has 0 aliphatic rings. The van der Waals surface area contributed by atoms with Gasteiger partial charge < -0.3 is 5.73 Å². The first-order valence-electron chi connectivity index (χ1n) is 5.65. The van der Waals surface area contributed by atoms with Crippen LogP contribution in [0, 0.1) is 6.92 Å². The summed E-state index contributed by atoms with van der Waals surface area (Å²) in [7, 11) is 0. The molecule has 0 unspecified atom stereocenters. The summed E-state index contributed by atoms with van der Waals surface area (Å²) >= 11 is 0. The third-order valence-electron chi connectivity index (χ3n) is 2.82. The molecule has 0 aliphatic carbocycles. The Kier molecular flexibility index (Phi) is 2.37. The van der Waals surface area contributed by atoms with Gasteiger partial charge in [0.05, 0.1) is 18.1 Å². The maximum atomic E-state index is 5.79. The summed E-state index contributed by atoms with van der Waals surface area (Å²) in [5.74, 6) is 0.581. The first kappa shape index (κ1) is 10.6. The average molecular weight is 239 g/mol. The van der Waals surface area contributed by atoms with Gasteiger partial charge >= 0.3 is 0 Å². The van der Waals surface area contributed by atoms with Gasteiger partial charge in [0.25, 0.3) is 0 Å². The second kappa shape index (κ2) is 4.03. The number of aromatic amines is 1. The van der Waals surface area contributed by atoms with E-state index in [-0.39, 0.29) is 0 Å². The third kappa shape index (κ3) is 1.75. The van der Waals surface area contributed by atoms with E-state index >= 15 is 0 Å². The fraction of sp³-hybridized carbons (Fsp3) is 0.0769. The number of aromatic nitrogens is 4. The molecule has 5 heteroatoms. The van der Waals surface area contributed by atoms with E-state index in [9.17, 15) is 0 Å². The van der Waals surface area contributed by atoms with E-state index in [1.54, 1.807) is 6.20 Å². The molecule has 0 spiro atoms. The van der Waals surface area contributed by atoms with Gasteiger partial charge in [-0.05, 0) is 30.2 Å². The molecule has 3 N–H and O–H groups in total. The minimum absolute atomic E-state index is 0.581. The van der Waals surface area contributed by atoms with E-state index in [1.165, 1.54) is 0 Å². The van der Waals surface area contributed by atoms with Crippen molar-refractivity contribution in [1.82, 2.24) is 20.0 Å². The van der Waals surface area contributed by atoms with Crippen molar-refractivity contribution in [2.45, 2.75) is 6.92 Å². The summed E-state index contributed by atoms with van der Waals surface area (Å²) in [6.07, 6.45) is 5.55. The molecular formula is C13H13N5. The lowest BCUT2D eigenvalue weighted by molar-refractivity contribution is 0.880. The van der Waals surface area contributed by atoms with E-state index in [1.807, 2.05) is 48.3 Å². The highest BCUT2D eigenvalue weighted by Gasteiger charge is 2.05. The molecule has 3 rings (SSSR count). The average Bonchev–Trinajstić information content (AvgIpc) is 2.98. The zero-order valence-electron chi connectivity index (χ0n) is 9.96. The van der Waals surface area contributed by atoms with Gasteiger partial charge in [0.15, 0.2) is 0 Å². The quantitative estimate of drug-likeness (QED) is 0.719. The SMILES string of the molecule is Cc1cnn(-c2ccc(-c3cn[nH]c3N)cc2)c1. The van der Waals surface area contributed by atoms with Gasteiger partial charge in [-0.2, -0.15) is 10.2 Å². The largest absolute Gasteiger partial charge is 0.384 e. The maximum Gasteiger partial charge on any atom is 0.126 e. The van der Waals surface area contributed by atoms with Crippen LogP contribution in [0.4, 0.5) is 5.82 Å². The van der Waals surface area contributed by atoms with Crippen molar-refractivity contribution in [2.75, 3.05) is 5.73 Å². The van der Waals surface area contributed by atoms with Crippen LogP contribution in [-0.4, -0.2) is 20.0 Å². The van der Waals surface area contributed by atoms with Crippen molar-refractivity contribution < 1.29 is 0 Å². The number of H-pyrrole nitrogens is 1. The molecule has 3 aromatic rings. The minimum Gasteiger partial charge on any atom is -0.384 e. The summed E-state index contributed by atoms with van der Waals surface area (Å²) in [6, 6.07) is 8.03. The van der Waals surface area contributed by atoms with Gasteiger partial charge in [0.2, 0.25) is 0 Å². The van der Waals surface area contributed by atoms with Crippen molar-refractivity contribution in [1.29, 1.82) is 0 Å². The van der Waals surface area contributed by atoms with Crippen LogP contribution in [0.3, 0.4) is 0 Å². The second-order valence-corrected chi connectivity index (χ2v) is 4.21. The Labute approximate surface area is 104 Å². The van der Waals surface area contributed by atoms with Crippen LogP contribution >= 0.6 is 0 Å². The zero-order valence-corrected chi connectivity index (χ0v) is 9.96. The van der Waals surface area contributed by atoms with Gasteiger partial charge in [-0.1, -0.05) is 12.1 Å². The molecule has 0 atom stereocenters. The van der Waals surface area contributed by atoms with Crippen molar-refractivity contribution in [3.63, 3.8) is 0 Å². The van der Waals surface area contributed by atoms with E-state index in [0.717, 1.165) is 22.4 Å². The smallest absolute Gasteiger partial charge is 0.126 e. The molecule has 90 valence electrons. The van der Waals surface area contributed by atoms with Crippen molar-refractivity contribution in [3.8, 4) is 16.8 Å². The Hall–Kier alpha value is -2.56. The first-order chi connectivity index (χ1) is 8.74. The molecule has 0 amide bonds. The van der Waals surface area contributed by atoms with Gasteiger partial charge in [-0.25, -0.2) is 4.68 Å². The predicted molar refractivity (Wildman–Crippen MR) is 70.3 cm³/mol. The van der Waals surface area contributed by atoms with Crippen LogP contribution in [0.25, 0.3) is 16.8 Å². The Morgan fingerprint density at radius 2 is 1.94 bits per heavy atom. The van der Waals surface area contributed by atoms with Crippen molar-refractivity contribution >= 4 is 5.82 Å². The normalized spacial score (nSPS) is 10.7. The molecule has 18 heavy (non-hydrogen) atoms. The lowest BCUT2D eigenvalue weighted by atomic mass is 10.1. The molecule has 2 aromatic heterocycles. The zero-order chi connectivity index (χ0) is 12.5. The number of nitrogens with two attached hydrogens (primary N) is 1. The molecular weight excluding hydrogens is 226 g/mol. The van der Waals surface area contributed by atoms with Crippen molar-refractivity contribution in [2.24, 2.45) is 0 Å². The fourth-order valence-corrected chi connectivity index (χ4v) is 1.87. The molecule has 5 nitrogen and oxygen atoms in total. The second-order valence-electron chi connectivity index (χ2n) is 4.21. The van der Waals surface area contributed by atoms with E-state index < -0.39 is 0 Å². The highest BCUT2D eigenvalue weighted by Crippen LogP contribution is 2.24. The highest BCUT2D eigenvalue weighted by molar-refractivity contribution is 5.73. The van der Waals surface area contributed by atoms with Gasteiger partial charge in [-0.15, -0.1) is 0 Å². The summed E-state index contributed by atoms with van der Waals surface area (Å²) in [4.78, 5) is 0. The minimum atomic E-state index is 0.581. The topological polar surface area (TPSA) is 72.5 Å². The lowest BCUT2D eigenvalue weighted by Gasteiger charge is -2.03. The number of benzene rings is 1. The summed E-state index contributed by atoms with van der Waals surface area (Å²) in [6.45, 7) is 2.02. The fourth-order valence-electron chi connectivity index (χ4n) is 1.87. The van der Waals surface area contributed by atoms with Gasteiger partial charge in [-0.3, -0.25) is 5.10 Å². The number of rotatable bonds is 2. The molecule has 0 bridgehead atoms. The van der Waals surface area contributed by atoms with Crippen LogP contribution in [0.2, 0.25) is 0 Å². The van der Waals surface area contributed by atoms with Crippen LogP contribution in [0.1, 0.15) is 5.56 Å². The molecule has 0 saturated carbocycles. The summed E-state index contributed by atoms with van der Waals surface area (Å²) in [5, 5.41) is 10.9. The number of hydrogen-bond acceptors (Lipinski definition) is 3. The Morgan fingerprint density at radius 1 is 1.17 bits per heavy atom. The van der Waals surface area contributed by atoms with Gasteiger partial charge in [0.1, 0.15) is 5.82 Å². The highest BCUT2D eigenvalue weighted by atomic mass is 15.3. The third-order valence-corrected chi connectivity index (χ3v) is 2.82. The number of hydrogen-bond donors (Lipinski definition) is 2. The lowest BCUT2D eigenvalue weighted by Crippen LogP contribution is -1.94. The van der Waals surface area contributed by atoms with E-state index in [0.29, 0.717) is 5.82 Å². The van der Waals surface area contributed by atoms with E-state index in [2.05, 4.69) is 15.3 Å². The first-order valence-corrected chi connectivity index (χ1v) is 5.65. The number of nitrogens with zero attached hydrogens (tertiary/aromatic N) is 3. The van der Waals surface area contributed by atoms with E-state index in [4.69, 9.17) is 5.73 Å². The summed E-state index contributed by atoms with van der Waals surface area (Å²) in [5.41, 5.74) is 9.90. The van der Waals surface area contributed by atoms with Crippen LogP contribution in [-0.2, 0) is 0 Å². The molecule has 0 fully saturated rings. The molecule has 0 saturated heterocycles. The van der Waals surface area contributed by atoms with Crippen LogP contribution in [0.15, 0.2) is 42.9 Å². The molecule has 0 aliphatic heterocycles.